The third-order valence-corrected chi connectivity index (χ3v) is 5.39. The summed E-state index contributed by atoms with van der Waals surface area (Å²) in [7, 11) is 0.00430. The van der Waals surface area contributed by atoms with Crippen molar-refractivity contribution in [2.24, 2.45) is 0 Å². The first-order valence-electron chi connectivity index (χ1n) is 6.66. The lowest BCUT2D eigenvalue weighted by atomic mass is 10.1. The van der Waals surface area contributed by atoms with Crippen LogP contribution in [0.2, 0.25) is 19.6 Å². The lowest BCUT2D eigenvalue weighted by Gasteiger charge is -2.18. The maximum absolute atomic E-state index is 9.59. The fourth-order valence-electron chi connectivity index (χ4n) is 2.70. The molecule has 0 atom stereocenters. The first-order valence-corrected chi connectivity index (χ1v) is 10.2. The van der Waals surface area contributed by atoms with Gasteiger partial charge in [-0.2, -0.15) is 5.26 Å². The highest BCUT2D eigenvalue weighted by Gasteiger charge is 2.28. The predicted molar refractivity (Wildman–Crippen MR) is 86.4 cm³/mol. The van der Waals surface area contributed by atoms with Crippen LogP contribution in [0.3, 0.4) is 0 Å². The Morgan fingerprint density at radius 1 is 1.40 bits per heavy atom. The zero-order valence-electron chi connectivity index (χ0n) is 12.5. The number of nitriles is 1. The normalized spacial score (nSPS) is 11.3. The van der Waals surface area contributed by atoms with E-state index < -0.39 is 8.07 Å². The second-order valence-corrected chi connectivity index (χ2v) is 10.9. The van der Waals surface area contributed by atoms with Crippen molar-refractivity contribution in [3.05, 3.63) is 36.4 Å². The van der Waals surface area contributed by atoms with Crippen LogP contribution < -0.4 is 10.1 Å². The Balaban J connectivity index is 2.91. The lowest BCUT2D eigenvalue weighted by molar-refractivity contribution is 0.415. The van der Waals surface area contributed by atoms with E-state index in [-0.39, 0.29) is 0 Å². The zero-order valence-corrected chi connectivity index (χ0v) is 13.5. The van der Waals surface area contributed by atoms with Crippen LogP contribution in [0.15, 0.2) is 30.9 Å². The van der Waals surface area contributed by atoms with Crippen LogP contribution in [0.1, 0.15) is 5.56 Å². The molecule has 0 saturated carbocycles. The summed E-state index contributed by atoms with van der Waals surface area (Å²) in [6.45, 7) is 10.6. The van der Waals surface area contributed by atoms with E-state index in [0.29, 0.717) is 0 Å². The van der Waals surface area contributed by atoms with Crippen molar-refractivity contribution in [2.45, 2.75) is 26.1 Å². The van der Waals surface area contributed by atoms with Crippen LogP contribution in [0.25, 0.3) is 10.9 Å². The van der Waals surface area contributed by atoms with E-state index in [9.17, 15) is 5.26 Å². The SMILES string of the molecule is C=CCc1c([Si](C)(C)C)n(C#N)c2cc(OC)ccc12. The lowest BCUT2D eigenvalue weighted by Crippen LogP contribution is -2.44. The molecule has 0 aliphatic rings. The van der Waals surface area contributed by atoms with Gasteiger partial charge in [0.05, 0.1) is 12.6 Å². The molecule has 3 nitrogen and oxygen atoms in total. The molecule has 0 amide bonds. The number of ether oxygens (including phenoxy) is 1. The number of benzene rings is 1. The topological polar surface area (TPSA) is 38.0 Å². The first-order chi connectivity index (χ1) is 9.43. The summed E-state index contributed by atoms with van der Waals surface area (Å²) in [5.41, 5.74) is 2.17. The number of nitrogens with zero attached hydrogens (tertiary/aromatic N) is 2. The molecule has 0 aliphatic carbocycles. The van der Waals surface area contributed by atoms with Crippen LogP contribution in [0.5, 0.6) is 5.75 Å². The van der Waals surface area contributed by atoms with Crippen LogP contribution >= 0.6 is 0 Å². The standard InChI is InChI=1S/C16H20N2OSi/c1-6-7-14-13-9-8-12(19-2)10-15(13)18(11-17)16(14)20(3,4)5/h6,8-10H,1,7H2,2-5H3. The summed E-state index contributed by atoms with van der Waals surface area (Å²) < 4.78 is 7.07. The number of hydrogen-bond acceptors (Lipinski definition) is 2. The van der Waals surface area contributed by atoms with Gasteiger partial charge in [0.2, 0.25) is 0 Å². The maximum atomic E-state index is 9.59. The Morgan fingerprint density at radius 3 is 2.60 bits per heavy atom. The average molecular weight is 284 g/mol. The first kappa shape index (κ1) is 14.4. The minimum atomic E-state index is -1.64. The molecule has 0 saturated heterocycles. The molecule has 0 fully saturated rings. The summed E-state index contributed by atoms with van der Waals surface area (Å²) in [5.74, 6) is 0.777. The van der Waals surface area contributed by atoms with Gasteiger partial charge in [-0.15, -0.1) is 6.58 Å². The van der Waals surface area contributed by atoms with E-state index >= 15 is 0 Å². The fourth-order valence-corrected chi connectivity index (χ4v) is 4.69. The van der Waals surface area contributed by atoms with E-state index in [1.807, 2.05) is 24.3 Å². The minimum Gasteiger partial charge on any atom is -0.497 e. The van der Waals surface area contributed by atoms with E-state index in [1.54, 1.807) is 11.7 Å². The molecule has 0 radical (unpaired) electrons. The van der Waals surface area contributed by atoms with Gasteiger partial charge in [-0.25, -0.2) is 0 Å². The van der Waals surface area contributed by atoms with Crippen LogP contribution in [0.4, 0.5) is 0 Å². The van der Waals surface area contributed by atoms with E-state index in [4.69, 9.17) is 4.74 Å². The summed E-state index contributed by atoms with van der Waals surface area (Å²) in [6, 6.07) is 5.93. The quantitative estimate of drug-likeness (QED) is 0.638. The van der Waals surface area contributed by atoms with Crippen molar-refractivity contribution in [1.82, 2.24) is 4.57 Å². The molecular weight excluding hydrogens is 264 g/mol. The summed E-state index contributed by atoms with van der Waals surface area (Å²) in [6.07, 6.45) is 5.03. The number of allylic oxidation sites excluding steroid dienone is 1. The number of aromatic nitrogens is 1. The average Bonchev–Trinajstić information content (AvgIpc) is 2.72. The summed E-state index contributed by atoms with van der Waals surface area (Å²) >= 11 is 0. The van der Waals surface area contributed by atoms with E-state index in [1.165, 1.54) is 10.9 Å². The molecule has 2 aromatic rings. The van der Waals surface area contributed by atoms with Crippen molar-refractivity contribution in [2.75, 3.05) is 7.11 Å². The number of fused-ring (bicyclic) bond motifs is 1. The second kappa shape index (κ2) is 5.18. The Bertz CT molecular complexity index is 702. The molecule has 0 unspecified atom stereocenters. The number of rotatable bonds is 4. The molecule has 104 valence electrons. The van der Waals surface area contributed by atoms with Crippen LogP contribution in [-0.4, -0.2) is 19.8 Å². The summed E-state index contributed by atoms with van der Waals surface area (Å²) in [4.78, 5) is 0. The highest BCUT2D eigenvalue weighted by molar-refractivity contribution is 6.88. The van der Waals surface area contributed by atoms with Crippen molar-refractivity contribution < 1.29 is 4.74 Å². The Hall–Kier alpha value is -1.99. The Kier molecular flexibility index (Phi) is 3.73. The second-order valence-electron chi connectivity index (χ2n) is 5.89. The van der Waals surface area contributed by atoms with Crippen molar-refractivity contribution in [3.63, 3.8) is 0 Å². The molecule has 0 aliphatic heterocycles. The molecule has 1 aromatic carbocycles. The predicted octanol–water partition coefficient (Wildman–Crippen LogP) is 3.25. The van der Waals surface area contributed by atoms with Gasteiger partial charge < -0.3 is 4.74 Å². The van der Waals surface area contributed by atoms with Gasteiger partial charge in [0.15, 0.2) is 6.19 Å². The smallest absolute Gasteiger partial charge is 0.188 e. The maximum Gasteiger partial charge on any atom is 0.188 e. The largest absolute Gasteiger partial charge is 0.497 e. The molecule has 20 heavy (non-hydrogen) atoms. The summed E-state index contributed by atoms with van der Waals surface area (Å²) in [5, 5.41) is 11.9. The Morgan fingerprint density at radius 2 is 2.10 bits per heavy atom. The number of hydrogen-bond donors (Lipinski definition) is 0. The Labute approximate surface area is 121 Å². The van der Waals surface area contributed by atoms with Crippen molar-refractivity contribution >= 4 is 24.3 Å². The van der Waals surface area contributed by atoms with Crippen LogP contribution in [-0.2, 0) is 6.42 Å². The molecule has 1 aromatic heterocycles. The monoisotopic (exact) mass is 284 g/mol. The minimum absolute atomic E-state index is 0.777. The highest BCUT2D eigenvalue weighted by atomic mass is 28.3. The fraction of sp³-hybridized carbons (Fsp3) is 0.312. The third-order valence-electron chi connectivity index (χ3n) is 3.44. The van der Waals surface area contributed by atoms with Gasteiger partial charge in [0, 0.05) is 16.8 Å². The van der Waals surface area contributed by atoms with Gasteiger partial charge >= 0.3 is 0 Å². The zero-order chi connectivity index (χ0) is 14.9. The van der Waals surface area contributed by atoms with Crippen molar-refractivity contribution in [3.8, 4) is 11.9 Å². The molecule has 2 rings (SSSR count). The highest BCUT2D eigenvalue weighted by Crippen LogP contribution is 2.27. The van der Waals surface area contributed by atoms with Gasteiger partial charge in [-0.3, -0.25) is 4.57 Å². The van der Waals surface area contributed by atoms with Gasteiger partial charge in [0.1, 0.15) is 13.8 Å². The molecule has 4 heteroatoms. The molecule has 0 N–H and O–H groups in total. The molecular formula is C16H20N2OSi. The van der Waals surface area contributed by atoms with Crippen molar-refractivity contribution in [1.29, 1.82) is 5.26 Å². The number of methoxy groups -OCH3 is 1. The molecule has 1 heterocycles. The van der Waals surface area contributed by atoms with Gasteiger partial charge in [-0.05, 0) is 24.1 Å². The molecule has 0 spiro atoms. The van der Waals surface area contributed by atoms with Gasteiger partial charge in [-0.1, -0.05) is 25.7 Å². The van der Waals surface area contributed by atoms with E-state index in [0.717, 1.165) is 23.1 Å². The molecule has 0 bridgehead atoms. The third kappa shape index (κ3) is 2.25. The van der Waals surface area contributed by atoms with Gasteiger partial charge in [0.25, 0.3) is 0 Å². The van der Waals surface area contributed by atoms with Crippen LogP contribution in [0, 0.1) is 11.5 Å². The van der Waals surface area contributed by atoms with E-state index in [2.05, 4.69) is 32.4 Å².